The molecule has 48 heavy (non-hydrogen) atoms. The van der Waals surface area contributed by atoms with E-state index < -0.39 is 12.2 Å². The molecule has 0 spiro atoms. The Morgan fingerprint density at radius 2 is 1.90 bits per heavy atom. The van der Waals surface area contributed by atoms with Gasteiger partial charge in [0, 0.05) is 25.1 Å². The fourth-order valence-electron chi connectivity index (χ4n) is 6.34. The first-order valence-corrected chi connectivity index (χ1v) is 16.2. The lowest BCUT2D eigenvalue weighted by Crippen LogP contribution is -2.66. The lowest BCUT2D eigenvalue weighted by molar-refractivity contribution is -0.157. The number of nitrogens with one attached hydrogen (secondary N) is 2. The molecule has 0 unspecified atom stereocenters. The maximum atomic E-state index is 14.3. The van der Waals surface area contributed by atoms with Crippen LogP contribution in [-0.4, -0.2) is 95.1 Å². The summed E-state index contributed by atoms with van der Waals surface area (Å²) in [5.41, 5.74) is 10.2. The van der Waals surface area contributed by atoms with Gasteiger partial charge < -0.3 is 20.9 Å². The third-order valence-electron chi connectivity index (χ3n) is 8.58. The molecular weight excluding hydrogens is 631 g/mol. The van der Waals surface area contributed by atoms with E-state index in [1.807, 2.05) is 72.8 Å². The summed E-state index contributed by atoms with van der Waals surface area (Å²) in [5, 5.41) is 20.7. The molecule has 7 rings (SSSR count). The van der Waals surface area contributed by atoms with Gasteiger partial charge in [0.2, 0.25) is 11.8 Å². The van der Waals surface area contributed by atoms with Crippen LogP contribution < -0.4 is 11.1 Å². The summed E-state index contributed by atoms with van der Waals surface area (Å²) in [6, 6.07) is 21.8. The second-order valence-corrected chi connectivity index (χ2v) is 12.7. The Balaban J connectivity index is 1.20. The molecule has 5 aromatic rings. The van der Waals surface area contributed by atoms with Crippen molar-refractivity contribution in [1.82, 2.24) is 50.7 Å². The third kappa shape index (κ3) is 6.08. The Bertz CT molecular complexity index is 1950. The molecule has 14 nitrogen and oxygen atoms in total. The lowest BCUT2D eigenvalue weighted by atomic mass is 9.99. The highest BCUT2D eigenvalue weighted by Gasteiger charge is 2.52. The Hall–Kier alpha value is -5.67. The van der Waals surface area contributed by atoms with E-state index >= 15 is 0 Å². The molecule has 0 radical (unpaired) electrons. The first-order chi connectivity index (χ1) is 23.4. The van der Waals surface area contributed by atoms with Crippen LogP contribution in [0.2, 0.25) is 0 Å². The minimum atomic E-state index is -0.809. The van der Waals surface area contributed by atoms with Crippen LogP contribution >= 0.6 is 11.3 Å². The van der Waals surface area contributed by atoms with Crippen LogP contribution in [0.25, 0.3) is 21.6 Å². The molecule has 2 saturated heterocycles. The molecule has 15 heteroatoms. The highest BCUT2D eigenvalue weighted by Crippen LogP contribution is 2.32. The van der Waals surface area contributed by atoms with E-state index in [1.165, 1.54) is 16.3 Å². The number of nitrogens with two attached hydrogens (primary N) is 1. The lowest BCUT2D eigenvalue weighted by Gasteiger charge is -2.46. The van der Waals surface area contributed by atoms with Gasteiger partial charge in [-0.1, -0.05) is 84.1 Å². The first kappa shape index (κ1) is 31.0. The van der Waals surface area contributed by atoms with Crippen LogP contribution in [0.4, 0.5) is 9.93 Å². The number of hydrazine groups is 1. The van der Waals surface area contributed by atoms with Gasteiger partial charge in [-0.25, -0.2) is 14.9 Å². The van der Waals surface area contributed by atoms with Crippen molar-refractivity contribution in [3.63, 3.8) is 0 Å². The summed E-state index contributed by atoms with van der Waals surface area (Å²) in [5.74, 6) is 0.104. The molecule has 4 heterocycles. The molecule has 2 atom stereocenters. The molecule has 2 aliphatic rings. The number of tetrazole rings is 1. The van der Waals surface area contributed by atoms with Crippen molar-refractivity contribution < 1.29 is 14.4 Å². The summed E-state index contributed by atoms with van der Waals surface area (Å²) in [6.07, 6.45) is 1.30. The average Bonchev–Trinajstić information content (AvgIpc) is 3.84. The number of amides is 4. The van der Waals surface area contributed by atoms with Crippen molar-refractivity contribution in [3.05, 3.63) is 102 Å². The molecule has 4 N–H and O–H groups in total. The molecular formula is C33H33N11O3S. The zero-order chi connectivity index (χ0) is 33.2. The number of aromatic nitrogens is 5. The van der Waals surface area contributed by atoms with Crippen molar-refractivity contribution >= 4 is 44.5 Å². The molecule has 2 aromatic heterocycles. The monoisotopic (exact) mass is 663 g/mol. The number of hydrogen-bond acceptors (Lipinski definition) is 10. The van der Waals surface area contributed by atoms with Gasteiger partial charge in [0.15, 0.2) is 11.0 Å². The van der Waals surface area contributed by atoms with Crippen LogP contribution in [0.3, 0.4) is 0 Å². The zero-order valence-corrected chi connectivity index (χ0v) is 26.7. The number of para-hydroxylation sites is 1. The molecule has 2 fully saturated rings. The van der Waals surface area contributed by atoms with Crippen molar-refractivity contribution in [2.75, 3.05) is 25.4 Å². The average molecular weight is 664 g/mol. The SMILES string of the molecule is C=CCN(C(=O)NCc1ccccc1)N1CC(=O)N2[C@@H](Cc3ccc(-c4nnn[nH]4)cc3)C(=O)N(Cc3cccc4sc(N)nc34)C[C@@H]21. The number of carbonyl (C=O) groups excluding carboxylic acids is 3. The summed E-state index contributed by atoms with van der Waals surface area (Å²) in [4.78, 5) is 49.7. The van der Waals surface area contributed by atoms with Gasteiger partial charge >= 0.3 is 6.03 Å². The number of rotatable bonds is 10. The number of aromatic amines is 1. The number of fused-ring (bicyclic) bond motifs is 2. The fourth-order valence-corrected chi connectivity index (χ4v) is 7.12. The van der Waals surface area contributed by atoms with E-state index in [-0.39, 0.29) is 50.4 Å². The van der Waals surface area contributed by atoms with Crippen LogP contribution in [0.5, 0.6) is 0 Å². The number of carbonyl (C=O) groups is 3. The number of thiazole rings is 1. The van der Waals surface area contributed by atoms with E-state index in [2.05, 4.69) is 37.5 Å². The van der Waals surface area contributed by atoms with Gasteiger partial charge in [-0.3, -0.25) is 14.6 Å². The van der Waals surface area contributed by atoms with Gasteiger partial charge in [-0.15, -0.1) is 11.7 Å². The number of benzene rings is 3. The summed E-state index contributed by atoms with van der Waals surface area (Å²) in [6.45, 7) is 4.74. The van der Waals surface area contributed by atoms with Crippen LogP contribution in [0.1, 0.15) is 16.7 Å². The normalized spacial score (nSPS) is 17.9. The second-order valence-electron chi connectivity index (χ2n) is 11.6. The molecule has 244 valence electrons. The maximum Gasteiger partial charge on any atom is 0.332 e. The van der Waals surface area contributed by atoms with Crippen LogP contribution in [-0.2, 0) is 29.1 Å². The first-order valence-electron chi connectivity index (χ1n) is 15.4. The number of piperazine rings is 1. The maximum absolute atomic E-state index is 14.3. The standard InChI is InChI=1S/C33H33N11O3S/c1-2-15-42(33(47)35-17-22-7-4-3-5-8-22)43-20-28(45)44-25(16-21-11-13-23(14-12-21)30-37-39-40-38-30)31(46)41(19-27(43)44)18-24-9-6-10-26-29(24)36-32(34)48-26/h2-14,25,27H,1,15-20H2,(H2,34,36)(H,35,47)(H,37,38,39,40)/t25-,27+/m0/s1. The topological polar surface area (TPSA) is 170 Å². The number of anilines is 1. The second kappa shape index (κ2) is 13.2. The Morgan fingerprint density at radius 3 is 2.65 bits per heavy atom. The number of nitrogen functional groups attached to an aromatic ring is 1. The van der Waals surface area contributed by atoms with E-state index in [1.54, 1.807) is 20.9 Å². The summed E-state index contributed by atoms with van der Waals surface area (Å²) < 4.78 is 0.930. The number of nitrogens with zero attached hydrogens (tertiary/aromatic N) is 8. The van der Waals surface area contributed by atoms with Gasteiger partial charge in [0.25, 0.3) is 0 Å². The van der Waals surface area contributed by atoms with Gasteiger partial charge in [-0.05, 0) is 33.2 Å². The van der Waals surface area contributed by atoms with Gasteiger partial charge in [0.05, 0.1) is 29.9 Å². The quantitative estimate of drug-likeness (QED) is 0.190. The largest absolute Gasteiger partial charge is 0.375 e. The molecule has 4 amide bonds. The van der Waals surface area contributed by atoms with Crippen molar-refractivity contribution in [3.8, 4) is 11.4 Å². The Kier molecular flexibility index (Phi) is 8.52. The minimum Gasteiger partial charge on any atom is -0.375 e. The van der Waals surface area contributed by atoms with Gasteiger partial charge in [0.1, 0.15) is 12.2 Å². The van der Waals surface area contributed by atoms with E-state index in [4.69, 9.17) is 5.73 Å². The fraction of sp³-hybridized carbons (Fsp3) is 0.242. The molecule has 3 aromatic carbocycles. The number of hydrogen-bond donors (Lipinski definition) is 3. The molecule has 0 bridgehead atoms. The van der Waals surface area contributed by atoms with Crippen LogP contribution in [0.15, 0.2) is 85.5 Å². The van der Waals surface area contributed by atoms with Crippen molar-refractivity contribution in [2.24, 2.45) is 0 Å². The Labute approximate surface area is 279 Å². The highest BCUT2D eigenvalue weighted by molar-refractivity contribution is 7.22. The highest BCUT2D eigenvalue weighted by atomic mass is 32.1. The predicted octanol–water partition coefficient (Wildman–Crippen LogP) is 2.80. The van der Waals surface area contributed by atoms with Gasteiger partial charge in [-0.2, -0.15) is 5.01 Å². The minimum absolute atomic E-state index is 0.0650. The van der Waals surface area contributed by atoms with Crippen LogP contribution in [0, 0.1) is 0 Å². The summed E-state index contributed by atoms with van der Waals surface area (Å²) >= 11 is 1.39. The molecule has 0 aliphatic carbocycles. The summed E-state index contributed by atoms with van der Waals surface area (Å²) in [7, 11) is 0. The van der Waals surface area contributed by atoms with E-state index in [0.717, 1.165) is 32.5 Å². The van der Waals surface area contributed by atoms with Crippen molar-refractivity contribution in [1.29, 1.82) is 0 Å². The smallest absolute Gasteiger partial charge is 0.332 e. The van der Waals surface area contributed by atoms with E-state index in [9.17, 15) is 14.4 Å². The number of urea groups is 1. The molecule has 2 aliphatic heterocycles. The van der Waals surface area contributed by atoms with Crippen molar-refractivity contribution in [2.45, 2.75) is 31.7 Å². The zero-order valence-electron chi connectivity index (χ0n) is 25.9. The number of H-pyrrole nitrogens is 1. The molecule has 0 saturated carbocycles. The Morgan fingerprint density at radius 1 is 1.08 bits per heavy atom. The third-order valence-corrected chi connectivity index (χ3v) is 9.43. The predicted molar refractivity (Wildman–Crippen MR) is 179 cm³/mol. The van der Waals surface area contributed by atoms with E-state index in [0.29, 0.717) is 17.5 Å².